The summed E-state index contributed by atoms with van der Waals surface area (Å²) < 4.78 is 5.69. The van der Waals surface area contributed by atoms with Crippen LogP contribution in [0.3, 0.4) is 0 Å². The predicted molar refractivity (Wildman–Crippen MR) is 108 cm³/mol. The molecule has 1 heterocycles. The molecule has 2 amide bonds. The minimum absolute atomic E-state index is 0.0938. The fourth-order valence-corrected chi connectivity index (χ4v) is 3.90. The third-order valence-electron chi connectivity index (χ3n) is 3.71. The molecule has 3 rings (SSSR count). The van der Waals surface area contributed by atoms with Gasteiger partial charge >= 0.3 is 5.97 Å². The van der Waals surface area contributed by atoms with Gasteiger partial charge in [0.2, 0.25) is 0 Å². The molecule has 0 bridgehead atoms. The molecule has 1 saturated heterocycles. The zero-order valence-electron chi connectivity index (χ0n) is 14.2. The van der Waals surface area contributed by atoms with Crippen molar-refractivity contribution in [3.63, 3.8) is 0 Å². The van der Waals surface area contributed by atoms with Crippen LogP contribution >= 0.6 is 35.0 Å². The maximum absolute atomic E-state index is 12.2. The first-order valence-corrected chi connectivity index (χ1v) is 9.55. The fourth-order valence-electron chi connectivity index (χ4n) is 2.45. The first kappa shape index (κ1) is 20.3. The largest absolute Gasteiger partial charge is 0.486 e. The number of thioether (sulfide) groups is 1. The lowest BCUT2D eigenvalue weighted by Gasteiger charge is -2.11. The van der Waals surface area contributed by atoms with Crippen LogP contribution in [0.1, 0.15) is 11.1 Å². The molecule has 0 spiro atoms. The zero-order chi connectivity index (χ0) is 20.3. The first-order valence-electron chi connectivity index (χ1n) is 7.98. The van der Waals surface area contributed by atoms with Crippen molar-refractivity contribution in [1.82, 2.24) is 4.90 Å². The first-order chi connectivity index (χ1) is 13.3. The second-order valence-electron chi connectivity index (χ2n) is 5.75. The molecule has 0 aromatic heterocycles. The lowest BCUT2D eigenvalue weighted by Crippen LogP contribution is -2.33. The molecular formula is C19H13Cl2NO5S. The van der Waals surface area contributed by atoms with Crippen molar-refractivity contribution in [2.45, 2.75) is 6.61 Å². The van der Waals surface area contributed by atoms with Gasteiger partial charge in [-0.2, -0.15) is 0 Å². The highest BCUT2D eigenvalue weighted by atomic mass is 35.5. The van der Waals surface area contributed by atoms with Crippen LogP contribution in [0.5, 0.6) is 5.75 Å². The van der Waals surface area contributed by atoms with E-state index in [2.05, 4.69) is 0 Å². The Hall–Kier alpha value is -2.48. The Balaban J connectivity index is 1.79. The average molecular weight is 438 g/mol. The minimum atomic E-state index is -1.27. The molecule has 0 atom stereocenters. The predicted octanol–water partition coefficient (Wildman–Crippen LogP) is 4.69. The Morgan fingerprint density at radius 2 is 1.79 bits per heavy atom. The van der Waals surface area contributed by atoms with Gasteiger partial charge in [-0.05, 0) is 41.1 Å². The molecule has 0 radical (unpaired) electrons. The van der Waals surface area contributed by atoms with Crippen molar-refractivity contribution >= 4 is 58.2 Å². The minimum Gasteiger partial charge on any atom is -0.486 e. The number of benzene rings is 2. The SMILES string of the molecule is O=C(O)CN1C(=O)S/C(=C/c2cc(Cl)c(OCc3ccccc3)c(Cl)c2)C1=O. The van der Waals surface area contributed by atoms with E-state index in [1.165, 1.54) is 6.08 Å². The Kier molecular flexibility index (Phi) is 6.28. The number of hydrogen-bond acceptors (Lipinski definition) is 5. The Morgan fingerprint density at radius 3 is 2.39 bits per heavy atom. The highest BCUT2D eigenvalue weighted by molar-refractivity contribution is 8.18. The molecule has 0 aliphatic carbocycles. The van der Waals surface area contributed by atoms with E-state index in [1.807, 2.05) is 30.3 Å². The van der Waals surface area contributed by atoms with Crippen molar-refractivity contribution in [2.75, 3.05) is 6.54 Å². The Morgan fingerprint density at radius 1 is 1.14 bits per heavy atom. The third-order valence-corrected chi connectivity index (χ3v) is 5.18. The van der Waals surface area contributed by atoms with Crippen LogP contribution in [0.25, 0.3) is 6.08 Å². The number of nitrogens with zero attached hydrogens (tertiary/aromatic N) is 1. The smallest absolute Gasteiger partial charge is 0.323 e. The number of aliphatic carboxylic acids is 1. The molecule has 144 valence electrons. The van der Waals surface area contributed by atoms with Gasteiger partial charge in [0.05, 0.1) is 15.0 Å². The van der Waals surface area contributed by atoms with Crippen molar-refractivity contribution < 1.29 is 24.2 Å². The van der Waals surface area contributed by atoms with Gasteiger partial charge in [0, 0.05) is 0 Å². The number of hydrogen-bond donors (Lipinski definition) is 1. The van der Waals surface area contributed by atoms with E-state index >= 15 is 0 Å². The van der Waals surface area contributed by atoms with Crippen LogP contribution in [0.15, 0.2) is 47.4 Å². The summed E-state index contributed by atoms with van der Waals surface area (Å²) in [7, 11) is 0. The summed E-state index contributed by atoms with van der Waals surface area (Å²) in [4.78, 5) is 35.6. The van der Waals surface area contributed by atoms with Gasteiger partial charge in [-0.15, -0.1) is 0 Å². The molecule has 0 saturated carbocycles. The van der Waals surface area contributed by atoms with Gasteiger partial charge in [0.15, 0.2) is 5.75 Å². The number of imide groups is 1. The molecule has 2 aromatic carbocycles. The fraction of sp³-hybridized carbons (Fsp3) is 0.105. The molecule has 0 unspecified atom stereocenters. The number of carboxylic acids is 1. The summed E-state index contributed by atoms with van der Waals surface area (Å²) in [5.74, 6) is -1.63. The molecule has 9 heteroatoms. The molecule has 2 aromatic rings. The van der Waals surface area contributed by atoms with Crippen LogP contribution in [0, 0.1) is 0 Å². The highest BCUT2D eigenvalue weighted by Crippen LogP contribution is 2.37. The number of halogens is 2. The number of amides is 2. The van der Waals surface area contributed by atoms with Crippen molar-refractivity contribution in [3.05, 3.63) is 68.5 Å². The normalized spacial score (nSPS) is 15.4. The van der Waals surface area contributed by atoms with E-state index < -0.39 is 23.7 Å². The van der Waals surface area contributed by atoms with Gasteiger partial charge in [-0.1, -0.05) is 53.5 Å². The van der Waals surface area contributed by atoms with Crippen LogP contribution in [0.2, 0.25) is 10.0 Å². The van der Waals surface area contributed by atoms with Gasteiger partial charge < -0.3 is 9.84 Å². The summed E-state index contributed by atoms with van der Waals surface area (Å²) >= 11 is 13.2. The van der Waals surface area contributed by atoms with Crippen LogP contribution in [0.4, 0.5) is 4.79 Å². The number of rotatable bonds is 6. The van der Waals surface area contributed by atoms with Crippen molar-refractivity contribution in [1.29, 1.82) is 0 Å². The molecule has 1 fully saturated rings. The topological polar surface area (TPSA) is 83.9 Å². The molecule has 1 aliphatic heterocycles. The van der Waals surface area contributed by atoms with Gasteiger partial charge in [-0.3, -0.25) is 19.3 Å². The number of carbonyl (C=O) groups excluding carboxylic acids is 2. The highest BCUT2D eigenvalue weighted by Gasteiger charge is 2.36. The Labute approximate surface area is 174 Å². The van der Waals surface area contributed by atoms with Crippen LogP contribution < -0.4 is 4.74 Å². The maximum Gasteiger partial charge on any atom is 0.323 e. The number of carbonyl (C=O) groups is 3. The monoisotopic (exact) mass is 437 g/mol. The maximum atomic E-state index is 12.2. The molecular weight excluding hydrogens is 425 g/mol. The van der Waals surface area contributed by atoms with Crippen molar-refractivity contribution in [3.8, 4) is 5.75 Å². The quantitative estimate of drug-likeness (QED) is 0.659. The summed E-state index contributed by atoms with van der Waals surface area (Å²) in [6, 6.07) is 12.6. The van der Waals surface area contributed by atoms with Gasteiger partial charge in [0.25, 0.3) is 11.1 Å². The van der Waals surface area contributed by atoms with E-state index in [0.29, 0.717) is 28.0 Å². The third kappa shape index (κ3) is 4.67. The number of carboxylic acid groups (broad SMARTS) is 1. The Bertz CT molecular complexity index is 955. The number of ether oxygens (including phenoxy) is 1. The van der Waals surface area contributed by atoms with Gasteiger partial charge in [-0.25, -0.2) is 0 Å². The zero-order valence-corrected chi connectivity index (χ0v) is 16.6. The molecule has 6 nitrogen and oxygen atoms in total. The van der Waals surface area contributed by atoms with E-state index in [0.717, 1.165) is 5.56 Å². The summed E-state index contributed by atoms with van der Waals surface area (Å²) in [5, 5.41) is 8.66. The van der Waals surface area contributed by atoms with E-state index in [1.54, 1.807) is 12.1 Å². The second kappa shape index (κ2) is 8.68. The van der Waals surface area contributed by atoms with E-state index in [9.17, 15) is 14.4 Å². The van der Waals surface area contributed by atoms with Gasteiger partial charge in [0.1, 0.15) is 13.2 Å². The summed E-state index contributed by atoms with van der Waals surface area (Å²) in [6.07, 6.45) is 1.44. The molecule has 1 N–H and O–H groups in total. The average Bonchev–Trinajstić information content (AvgIpc) is 2.89. The second-order valence-corrected chi connectivity index (χ2v) is 7.56. The van der Waals surface area contributed by atoms with Crippen LogP contribution in [-0.4, -0.2) is 33.7 Å². The summed E-state index contributed by atoms with van der Waals surface area (Å²) in [6.45, 7) is -0.399. The summed E-state index contributed by atoms with van der Waals surface area (Å²) in [5.41, 5.74) is 1.44. The van der Waals surface area contributed by atoms with Crippen molar-refractivity contribution in [2.24, 2.45) is 0 Å². The van der Waals surface area contributed by atoms with Crippen LogP contribution in [-0.2, 0) is 16.2 Å². The van der Waals surface area contributed by atoms with E-state index in [-0.39, 0.29) is 21.6 Å². The molecule has 1 aliphatic rings. The standard InChI is InChI=1S/C19H13Cl2NO5S/c20-13-6-12(8-15-18(25)22(9-16(23)24)19(26)28-15)7-14(21)17(13)27-10-11-4-2-1-3-5-11/h1-8H,9-10H2,(H,23,24)/b15-8+. The lowest BCUT2D eigenvalue weighted by molar-refractivity contribution is -0.140. The van der Waals surface area contributed by atoms with E-state index in [4.69, 9.17) is 33.0 Å². The lowest BCUT2D eigenvalue weighted by atomic mass is 10.2. The molecule has 28 heavy (non-hydrogen) atoms.